The van der Waals surface area contributed by atoms with Crippen LogP contribution in [0.3, 0.4) is 0 Å². The first-order valence-electron chi connectivity index (χ1n) is 8.03. The molecule has 0 spiro atoms. The van der Waals surface area contributed by atoms with Gasteiger partial charge in [0, 0.05) is 18.7 Å². The van der Waals surface area contributed by atoms with Crippen molar-refractivity contribution in [2.24, 2.45) is 0 Å². The second-order valence-electron chi connectivity index (χ2n) is 6.07. The smallest absolute Gasteiger partial charge is 0.220 e. The molecule has 0 bridgehead atoms. The molecular formula is C17H22N2O3S. The molecule has 23 heavy (non-hydrogen) atoms. The maximum Gasteiger partial charge on any atom is 0.220 e. The van der Waals surface area contributed by atoms with E-state index in [1.807, 2.05) is 30.3 Å². The van der Waals surface area contributed by atoms with E-state index in [1.165, 1.54) is 0 Å². The number of nitrogens with zero attached hydrogens (tertiary/aromatic N) is 2. The number of rotatable bonds is 4. The maximum atomic E-state index is 12.9. The minimum Gasteiger partial charge on any atom is -0.361 e. The lowest BCUT2D eigenvalue weighted by Crippen LogP contribution is -2.35. The molecule has 1 fully saturated rings. The highest BCUT2D eigenvalue weighted by Gasteiger charge is 2.32. The van der Waals surface area contributed by atoms with Crippen molar-refractivity contribution in [3.05, 3.63) is 53.4 Å². The molecule has 0 amide bonds. The highest BCUT2D eigenvalue weighted by Crippen LogP contribution is 2.33. The monoisotopic (exact) mass is 334 g/mol. The van der Waals surface area contributed by atoms with E-state index in [1.54, 1.807) is 17.3 Å². The second kappa shape index (κ2) is 6.84. The van der Waals surface area contributed by atoms with Crippen molar-refractivity contribution in [2.75, 3.05) is 6.54 Å². The Bertz CT molecular complexity index is 740. The zero-order chi connectivity index (χ0) is 16.3. The van der Waals surface area contributed by atoms with E-state index in [-0.39, 0.29) is 11.8 Å². The number of sulfonamides is 1. The van der Waals surface area contributed by atoms with Crippen molar-refractivity contribution in [1.29, 1.82) is 0 Å². The van der Waals surface area contributed by atoms with Crippen LogP contribution in [0, 0.1) is 6.92 Å². The maximum absolute atomic E-state index is 12.9. The lowest BCUT2D eigenvalue weighted by Gasteiger charge is -2.29. The fourth-order valence-corrected chi connectivity index (χ4v) is 4.88. The third-order valence-corrected chi connectivity index (χ3v) is 6.06. The van der Waals surface area contributed by atoms with Gasteiger partial charge in [-0.15, -0.1) is 0 Å². The summed E-state index contributed by atoms with van der Waals surface area (Å²) >= 11 is 0. The highest BCUT2D eigenvalue weighted by molar-refractivity contribution is 7.88. The van der Waals surface area contributed by atoms with Crippen molar-refractivity contribution >= 4 is 10.0 Å². The van der Waals surface area contributed by atoms with Crippen molar-refractivity contribution in [2.45, 2.75) is 44.4 Å². The first-order chi connectivity index (χ1) is 11.1. The summed E-state index contributed by atoms with van der Waals surface area (Å²) in [5, 5.41) is 3.84. The SMILES string of the molecule is Cc1cc(CS(=O)(=O)N2CCCCC[C@H]2c2ccccc2)no1. The summed E-state index contributed by atoms with van der Waals surface area (Å²) in [5.74, 6) is 0.527. The van der Waals surface area contributed by atoms with E-state index in [0.717, 1.165) is 31.2 Å². The molecule has 1 aromatic carbocycles. The molecule has 0 radical (unpaired) electrons. The molecule has 2 aromatic rings. The molecule has 124 valence electrons. The standard InChI is InChI=1S/C17H22N2O3S/c1-14-12-16(18-22-14)13-23(20,21)19-11-7-3-6-10-17(19)15-8-4-2-5-9-15/h2,4-5,8-9,12,17H,3,6-7,10-11,13H2,1H3/t17-/m0/s1. The number of aryl methyl sites for hydroxylation is 1. The van der Waals surface area contributed by atoms with Crippen LogP contribution in [0.25, 0.3) is 0 Å². The number of hydrogen-bond acceptors (Lipinski definition) is 4. The Morgan fingerprint density at radius 2 is 2.00 bits per heavy atom. The van der Waals surface area contributed by atoms with Crippen LogP contribution in [0.5, 0.6) is 0 Å². The van der Waals surface area contributed by atoms with Crippen LogP contribution in [-0.2, 0) is 15.8 Å². The van der Waals surface area contributed by atoms with Gasteiger partial charge in [0.1, 0.15) is 17.2 Å². The van der Waals surface area contributed by atoms with E-state index >= 15 is 0 Å². The summed E-state index contributed by atoms with van der Waals surface area (Å²) in [4.78, 5) is 0. The molecule has 1 saturated heterocycles. The first kappa shape index (κ1) is 16.2. The van der Waals surface area contributed by atoms with Gasteiger partial charge in [-0.05, 0) is 25.3 Å². The molecule has 0 aliphatic carbocycles. The average Bonchev–Trinajstić information content (AvgIpc) is 2.78. The molecule has 6 heteroatoms. The highest BCUT2D eigenvalue weighted by atomic mass is 32.2. The van der Waals surface area contributed by atoms with Crippen LogP contribution >= 0.6 is 0 Å². The number of hydrogen-bond donors (Lipinski definition) is 0. The molecule has 1 aliphatic heterocycles. The zero-order valence-electron chi connectivity index (χ0n) is 13.3. The number of benzene rings is 1. The van der Waals surface area contributed by atoms with E-state index in [9.17, 15) is 8.42 Å². The first-order valence-corrected chi connectivity index (χ1v) is 9.64. The van der Waals surface area contributed by atoms with E-state index in [0.29, 0.717) is 18.0 Å². The second-order valence-corrected chi connectivity index (χ2v) is 7.99. The number of aromatic nitrogens is 1. The van der Waals surface area contributed by atoms with Crippen molar-refractivity contribution in [3.8, 4) is 0 Å². The Morgan fingerprint density at radius 3 is 2.70 bits per heavy atom. The molecule has 0 unspecified atom stereocenters. The molecule has 1 aliphatic rings. The topological polar surface area (TPSA) is 63.4 Å². The molecule has 1 atom stereocenters. The van der Waals surface area contributed by atoms with E-state index < -0.39 is 10.0 Å². The van der Waals surface area contributed by atoms with Crippen molar-refractivity contribution < 1.29 is 12.9 Å². The van der Waals surface area contributed by atoms with Crippen LogP contribution in [0.2, 0.25) is 0 Å². The lowest BCUT2D eigenvalue weighted by atomic mass is 10.0. The Hall–Kier alpha value is -1.66. The van der Waals surface area contributed by atoms with E-state index in [4.69, 9.17) is 4.52 Å². The van der Waals surface area contributed by atoms with Crippen molar-refractivity contribution in [3.63, 3.8) is 0 Å². The van der Waals surface area contributed by atoms with Gasteiger partial charge in [-0.2, -0.15) is 4.31 Å². The lowest BCUT2D eigenvalue weighted by molar-refractivity contribution is 0.327. The van der Waals surface area contributed by atoms with Gasteiger partial charge in [0.25, 0.3) is 0 Å². The van der Waals surface area contributed by atoms with Gasteiger partial charge in [-0.25, -0.2) is 8.42 Å². The van der Waals surface area contributed by atoms with Gasteiger partial charge in [0.2, 0.25) is 10.0 Å². The molecule has 5 nitrogen and oxygen atoms in total. The zero-order valence-corrected chi connectivity index (χ0v) is 14.1. The summed E-state index contributed by atoms with van der Waals surface area (Å²) in [6, 6.07) is 11.5. The third kappa shape index (κ3) is 3.82. The minimum absolute atomic E-state index is 0.0864. The predicted molar refractivity (Wildman–Crippen MR) is 88.2 cm³/mol. The van der Waals surface area contributed by atoms with Gasteiger partial charge in [0.05, 0.1) is 0 Å². The Kier molecular flexibility index (Phi) is 4.82. The Balaban J connectivity index is 1.89. The quantitative estimate of drug-likeness (QED) is 0.859. The summed E-state index contributed by atoms with van der Waals surface area (Å²) in [6.07, 6.45) is 3.88. The van der Waals surface area contributed by atoms with Crippen LogP contribution in [0.4, 0.5) is 0 Å². The fraction of sp³-hybridized carbons (Fsp3) is 0.471. The molecule has 1 aromatic heterocycles. The van der Waals surface area contributed by atoms with Gasteiger partial charge in [0.15, 0.2) is 0 Å². The van der Waals surface area contributed by atoms with Crippen LogP contribution < -0.4 is 0 Å². The van der Waals surface area contributed by atoms with Gasteiger partial charge < -0.3 is 4.52 Å². The Morgan fingerprint density at radius 1 is 1.22 bits per heavy atom. The van der Waals surface area contributed by atoms with Gasteiger partial charge in [-0.3, -0.25) is 0 Å². The third-order valence-electron chi connectivity index (χ3n) is 4.25. The minimum atomic E-state index is -3.43. The summed E-state index contributed by atoms with van der Waals surface area (Å²) in [6.45, 7) is 2.33. The summed E-state index contributed by atoms with van der Waals surface area (Å²) in [7, 11) is -3.43. The van der Waals surface area contributed by atoms with Crippen LogP contribution in [0.15, 0.2) is 40.9 Å². The Labute approximate surface area is 137 Å². The van der Waals surface area contributed by atoms with Gasteiger partial charge in [-0.1, -0.05) is 48.3 Å². The van der Waals surface area contributed by atoms with Gasteiger partial charge >= 0.3 is 0 Å². The fourth-order valence-electron chi connectivity index (χ4n) is 3.18. The summed E-state index contributed by atoms with van der Waals surface area (Å²) < 4.78 is 32.6. The van der Waals surface area contributed by atoms with E-state index in [2.05, 4.69) is 5.16 Å². The molecule has 3 rings (SSSR count). The molecular weight excluding hydrogens is 312 g/mol. The van der Waals surface area contributed by atoms with Crippen molar-refractivity contribution in [1.82, 2.24) is 9.46 Å². The largest absolute Gasteiger partial charge is 0.361 e. The van der Waals surface area contributed by atoms with Crippen LogP contribution in [0.1, 0.15) is 48.7 Å². The molecule has 0 N–H and O–H groups in total. The molecule has 0 saturated carbocycles. The summed E-state index contributed by atoms with van der Waals surface area (Å²) in [5.41, 5.74) is 1.54. The predicted octanol–water partition coefficient (Wildman–Crippen LogP) is 3.43. The molecule has 2 heterocycles. The average molecular weight is 334 g/mol. The van der Waals surface area contributed by atoms with Crippen LogP contribution in [-0.4, -0.2) is 24.4 Å². The normalized spacial score (nSPS) is 20.3.